The van der Waals surface area contributed by atoms with Crippen molar-refractivity contribution in [3.8, 4) is 22.1 Å². The third-order valence-electron chi connectivity index (χ3n) is 2.96. The van der Waals surface area contributed by atoms with E-state index in [9.17, 15) is 4.79 Å². The highest BCUT2D eigenvalue weighted by Crippen LogP contribution is 2.37. The number of carbonyl (C=O) groups excluding carboxylic acids is 1. The molecule has 1 aromatic carbocycles. The zero-order valence-corrected chi connectivity index (χ0v) is 12.3. The predicted octanol–water partition coefficient (Wildman–Crippen LogP) is 1.54. The van der Waals surface area contributed by atoms with Crippen molar-refractivity contribution in [2.75, 3.05) is 32.5 Å². The molecule has 0 spiro atoms. The second-order valence-electron chi connectivity index (χ2n) is 4.34. The quantitative estimate of drug-likeness (QED) is 0.853. The van der Waals surface area contributed by atoms with Gasteiger partial charge < -0.3 is 14.2 Å². The van der Waals surface area contributed by atoms with Gasteiger partial charge in [0.1, 0.15) is 11.6 Å². The average molecular weight is 307 g/mol. The van der Waals surface area contributed by atoms with E-state index in [1.165, 1.54) is 23.3 Å². The summed E-state index contributed by atoms with van der Waals surface area (Å²) in [5.41, 5.74) is 0.871. The first-order valence-corrected chi connectivity index (χ1v) is 6.99. The van der Waals surface area contributed by atoms with Crippen LogP contribution in [0.4, 0.5) is 5.13 Å². The van der Waals surface area contributed by atoms with Crippen LogP contribution in [-0.2, 0) is 9.53 Å². The molecule has 3 rings (SSSR count). The van der Waals surface area contributed by atoms with Gasteiger partial charge in [-0.1, -0.05) is 11.3 Å². The summed E-state index contributed by atoms with van der Waals surface area (Å²) >= 11 is 1.32. The minimum Gasteiger partial charge on any atom is -0.454 e. The molecule has 110 valence electrons. The van der Waals surface area contributed by atoms with Crippen LogP contribution in [0.25, 0.3) is 10.6 Å². The van der Waals surface area contributed by atoms with Crippen molar-refractivity contribution in [1.82, 2.24) is 10.2 Å². The Morgan fingerprint density at radius 2 is 2.19 bits per heavy atom. The number of carbonyl (C=O) groups is 1. The van der Waals surface area contributed by atoms with E-state index in [4.69, 9.17) is 14.2 Å². The number of benzene rings is 1. The first-order valence-electron chi connectivity index (χ1n) is 6.18. The number of likely N-dealkylation sites (N-methyl/N-ethyl adjacent to an activating group) is 1. The molecule has 0 bridgehead atoms. The molecule has 0 radical (unpaired) electrons. The molecule has 21 heavy (non-hydrogen) atoms. The molecular weight excluding hydrogens is 294 g/mol. The zero-order chi connectivity index (χ0) is 14.8. The Kier molecular flexibility index (Phi) is 3.72. The summed E-state index contributed by atoms with van der Waals surface area (Å²) < 4.78 is 15.4. The summed E-state index contributed by atoms with van der Waals surface area (Å²) in [7, 11) is 3.12. The van der Waals surface area contributed by atoms with Crippen molar-refractivity contribution in [2.45, 2.75) is 0 Å². The minimum absolute atomic E-state index is 0.00936. The van der Waals surface area contributed by atoms with Crippen molar-refractivity contribution in [2.24, 2.45) is 0 Å². The van der Waals surface area contributed by atoms with Crippen LogP contribution in [0.15, 0.2) is 18.2 Å². The number of rotatable bonds is 4. The summed E-state index contributed by atoms with van der Waals surface area (Å²) in [4.78, 5) is 13.2. The van der Waals surface area contributed by atoms with Crippen LogP contribution >= 0.6 is 11.3 Å². The number of methoxy groups -OCH3 is 1. The van der Waals surface area contributed by atoms with Crippen LogP contribution < -0.4 is 14.4 Å². The Morgan fingerprint density at radius 1 is 1.38 bits per heavy atom. The number of ether oxygens (including phenoxy) is 3. The Labute approximate surface area is 125 Å². The first kappa shape index (κ1) is 13.8. The largest absolute Gasteiger partial charge is 0.454 e. The molecule has 0 fully saturated rings. The highest BCUT2D eigenvalue weighted by atomic mass is 32.1. The van der Waals surface area contributed by atoms with Gasteiger partial charge in [-0.25, -0.2) is 0 Å². The van der Waals surface area contributed by atoms with E-state index in [1.807, 2.05) is 18.2 Å². The van der Waals surface area contributed by atoms with Gasteiger partial charge in [0.15, 0.2) is 11.5 Å². The fourth-order valence-electron chi connectivity index (χ4n) is 1.82. The standard InChI is InChI=1S/C13H13N3O4S/c1-16(11(17)6-18-2)13-15-14-12(21-13)8-3-4-9-10(5-8)20-7-19-9/h3-5H,6-7H2,1-2H3. The van der Waals surface area contributed by atoms with E-state index in [0.29, 0.717) is 15.9 Å². The number of hydrogen-bond donors (Lipinski definition) is 0. The van der Waals surface area contributed by atoms with Crippen molar-refractivity contribution in [3.63, 3.8) is 0 Å². The third-order valence-corrected chi connectivity index (χ3v) is 4.01. The molecule has 1 amide bonds. The summed E-state index contributed by atoms with van der Waals surface area (Å²) in [5.74, 6) is 1.23. The molecule has 8 heteroatoms. The number of aromatic nitrogens is 2. The summed E-state index contributed by atoms with van der Waals surface area (Å²) in [6, 6.07) is 5.57. The number of hydrogen-bond acceptors (Lipinski definition) is 7. The highest BCUT2D eigenvalue weighted by molar-refractivity contribution is 7.18. The average Bonchev–Trinajstić information content (AvgIpc) is 3.14. The second kappa shape index (κ2) is 5.66. The molecular formula is C13H13N3O4S. The SMILES string of the molecule is COCC(=O)N(C)c1nnc(-c2ccc3c(c2)OCO3)s1. The molecule has 0 unspecified atom stereocenters. The van der Waals surface area contributed by atoms with Gasteiger partial charge in [-0.2, -0.15) is 0 Å². The molecule has 7 nitrogen and oxygen atoms in total. The van der Waals surface area contributed by atoms with E-state index < -0.39 is 0 Å². The summed E-state index contributed by atoms with van der Waals surface area (Å²) in [5, 5.41) is 9.38. The molecule has 0 N–H and O–H groups in total. The Hall–Kier alpha value is -2.19. The van der Waals surface area contributed by atoms with Gasteiger partial charge in [0, 0.05) is 19.7 Å². The summed E-state index contributed by atoms with van der Waals surface area (Å²) in [6.07, 6.45) is 0. The fourth-order valence-corrected chi connectivity index (χ4v) is 2.64. The normalized spacial score (nSPS) is 12.5. The maximum atomic E-state index is 11.7. The smallest absolute Gasteiger partial charge is 0.254 e. The van der Waals surface area contributed by atoms with Gasteiger partial charge in [-0.3, -0.25) is 9.69 Å². The van der Waals surface area contributed by atoms with E-state index in [0.717, 1.165) is 11.3 Å². The lowest BCUT2D eigenvalue weighted by Gasteiger charge is -2.11. The zero-order valence-electron chi connectivity index (χ0n) is 11.5. The number of nitrogens with zero attached hydrogens (tertiary/aromatic N) is 3. The minimum atomic E-state index is -0.175. The van der Waals surface area contributed by atoms with E-state index in [-0.39, 0.29) is 19.3 Å². The Morgan fingerprint density at radius 3 is 3.00 bits per heavy atom. The van der Waals surface area contributed by atoms with Crippen LogP contribution in [0, 0.1) is 0 Å². The van der Waals surface area contributed by atoms with Crippen LogP contribution in [-0.4, -0.2) is 43.7 Å². The lowest BCUT2D eigenvalue weighted by molar-refractivity contribution is -0.121. The lowest BCUT2D eigenvalue weighted by Crippen LogP contribution is -2.29. The maximum Gasteiger partial charge on any atom is 0.254 e. The van der Waals surface area contributed by atoms with Crippen LogP contribution in [0.2, 0.25) is 0 Å². The van der Waals surface area contributed by atoms with Crippen LogP contribution in [0.5, 0.6) is 11.5 Å². The summed E-state index contributed by atoms with van der Waals surface area (Å²) in [6.45, 7) is 0.240. The second-order valence-corrected chi connectivity index (χ2v) is 5.30. The topological polar surface area (TPSA) is 73.8 Å². The van der Waals surface area contributed by atoms with Gasteiger partial charge in [-0.05, 0) is 18.2 Å². The van der Waals surface area contributed by atoms with Crippen LogP contribution in [0.1, 0.15) is 0 Å². The molecule has 0 atom stereocenters. The van der Waals surface area contributed by atoms with Gasteiger partial charge >= 0.3 is 0 Å². The van der Waals surface area contributed by atoms with Crippen molar-refractivity contribution in [3.05, 3.63) is 18.2 Å². The Balaban J connectivity index is 1.83. The van der Waals surface area contributed by atoms with E-state index in [2.05, 4.69) is 10.2 Å². The van der Waals surface area contributed by atoms with Crippen molar-refractivity contribution in [1.29, 1.82) is 0 Å². The van der Waals surface area contributed by atoms with Gasteiger partial charge in [-0.15, -0.1) is 10.2 Å². The van der Waals surface area contributed by atoms with Gasteiger partial charge in [0.25, 0.3) is 5.91 Å². The number of amides is 1. The molecule has 2 aromatic rings. The highest BCUT2D eigenvalue weighted by Gasteiger charge is 2.18. The molecule has 2 heterocycles. The number of fused-ring (bicyclic) bond motifs is 1. The molecule has 1 aliphatic rings. The molecule has 0 saturated carbocycles. The third kappa shape index (κ3) is 2.67. The number of anilines is 1. The molecule has 1 aromatic heterocycles. The van der Waals surface area contributed by atoms with Gasteiger partial charge in [0.05, 0.1) is 0 Å². The Bertz CT molecular complexity index is 673. The van der Waals surface area contributed by atoms with E-state index in [1.54, 1.807) is 7.05 Å². The molecule has 0 aliphatic carbocycles. The molecule has 1 aliphatic heterocycles. The van der Waals surface area contributed by atoms with Gasteiger partial charge in [0.2, 0.25) is 11.9 Å². The lowest BCUT2D eigenvalue weighted by atomic mass is 10.2. The fraction of sp³-hybridized carbons (Fsp3) is 0.308. The van der Waals surface area contributed by atoms with E-state index >= 15 is 0 Å². The van der Waals surface area contributed by atoms with Crippen molar-refractivity contribution >= 4 is 22.4 Å². The predicted molar refractivity (Wildman–Crippen MR) is 76.8 cm³/mol. The maximum absolute atomic E-state index is 11.7. The molecule has 0 saturated heterocycles. The first-order chi connectivity index (χ1) is 10.2. The van der Waals surface area contributed by atoms with Crippen LogP contribution in [0.3, 0.4) is 0 Å². The van der Waals surface area contributed by atoms with Crippen molar-refractivity contribution < 1.29 is 19.0 Å². The monoisotopic (exact) mass is 307 g/mol.